The molecule has 1 heterocycles. The molecule has 0 saturated carbocycles. The van der Waals surface area contributed by atoms with Crippen LogP contribution in [0.2, 0.25) is 0 Å². The molecule has 0 spiro atoms. The largest absolute Gasteiger partial charge is 0.450 e. The smallest absolute Gasteiger partial charge is 0.407 e. The van der Waals surface area contributed by atoms with Crippen LogP contribution in [0, 0.1) is 0 Å². The molecule has 0 atom stereocenters. The van der Waals surface area contributed by atoms with Gasteiger partial charge in [-0.2, -0.15) is 0 Å². The second kappa shape index (κ2) is 6.63. The van der Waals surface area contributed by atoms with Crippen molar-refractivity contribution in [3.05, 3.63) is 0 Å². The molecule has 1 N–H and O–H groups in total. The molecule has 0 unspecified atom stereocenters. The van der Waals surface area contributed by atoms with Crippen molar-refractivity contribution in [2.75, 3.05) is 52.9 Å². The summed E-state index contributed by atoms with van der Waals surface area (Å²) < 4.78 is 4.77. The van der Waals surface area contributed by atoms with Gasteiger partial charge in [0.2, 0.25) is 0 Å². The Labute approximate surface area is 91.4 Å². The van der Waals surface area contributed by atoms with Crippen LogP contribution in [0.5, 0.6) is 0 Å². The molecule has 88 valence electrons. The molecule has 1 rings (SSSR count). The van der Waals surface area contributed by atoms with Gasteiger partial charge in [-0.15, -0.1) is 0 Å². The molecule has 5 heteroatoms. The minimum absolute atomic E-state index is 0.313. The predicted octanol–water partition coefficient (Wildman–Crippen LogP) is -0.0201. The number of hydrogen-bond acceptors (Lipinski definition) is 4. The van der Waals surface area contributed by atoms with E-state index in [1.165, 1.54) is 0 Å². The standard InChI is InChI=1S/C10H21N3O2/c1-3-15-10(14)11-4-5-13-8-6-12(2)7-9-13/h3-9H2,1-2H3,(H,11,14). The van der Waals surface area contributed by atoms with Crippen LogP contribution in [0.15, 0.2) is 0 Å². The summed E-state index contributed by atoms with van der Waals surface area (Å²) in [5.41, 5.74) is 0. The highest BCUT2D eigenvalue weighted by Crippen LogP contribution is 1.97. The van der Waals surface area contributed by atoms with Crippen LogP contribution < -0.4 is 5.32 Å². The molecule has 0 aromatic carbocycles. The summed E-state index contributed by atoms with van der Waals surface area (Å²) in [5, 5.41) is 2.73. The van der Waals surface area contributed by atoms with Crippen LogP contribution in [0.1, 0.15) is 6.92 Å². The van der Waals surface area contributed by atoms with Gasteiger partial charge in [0.25, 0.3) is 0 Å². The average molecular weight is 215 g/mol. The number of carbonyl (C=O) groups is 1. The maximum atomic E-state index is 11.0. The maximum absolute atomic E-state index is 11.0. The number of hydrogen-bond donors (Lipinski definition) is 1. The summed E-state index contributed by atoms with van der Waals surface area (Å²) in [6.07, 6.45) is -0.313. The van der Waals surface area contributed by atoms with Crippen molar-refractivity contribution in [1.29, 1.82) is 0 Å². The number of amides is 1. The fourth-order valence-corrected chi connectivity index (χ4v) is 1.57. The highest BCUT2D eigenvalue weighted by atomic mass is 16.5. The Kier molecular flexibility index (Phi) is 5.42. The zero-order valence-corrected chi connectivity index (χ0v) is 9.66. The number of alkyl carbamates (subject to hydrolysis) is 1. The Bertz CT molecular complexity index is 191. The van der Waals surface area contributed by atoms with E-state index in [0.29, 0.717) is 13.2 Å². The monoisotopic (exact) mass is 215 g/mol. The number of rotatable bonds is 4. The van der Waals surface area contributed by atoms with E-state index < -0.39 is 0 Å². The number of nitrogens with zero attached hydrogens (tertiary/aromatic N) is 2. The molecular weight excluding hydrogens is 194 g/mol. The summed E-state index contributed by atoms with van der Waals surface area (Å²) >= 11 is 0. The van der Waals surface area contributed by atoms with Crippen LogP contribution in [-0.2, 0) is 4.74 Å². The lowest BCUT2D eigenvalue weighted by Gasteiger charge is -2.32. The minimum Gasteiger partial charge on any atom is -0.450 e. The van der Waals surface area contributed by atoms with Crippen molar-refractivity contribution in [3.63, 3.8) is 0 Å². The second-order valence-corrected chi connectivity index (χ2v) is 3.79. The van der Waals surface area contributed by atoms with Gasteiger partial charge in [-0.25, -0.2) is 4.79 Å². The lowest BCUT2D eigenvalue weighted by Crippen LogP contribution is -2.46. The van der Waals surface area contributed by atoms with Gasteiger partial charge in [0.1, 0.15) is 0 Å². The molecule has 0 aromatic heterocycles. The van der Waals surface area contributed by atoms with Gasteiger partial charge in [0.15, 0.2) is 0 Å². The second-order valence-electron chi connectivity index (χ2n) is 3.79. The number of piperazine rings is 1. The first-order valence-corrected chi connectivity index (χ1v) is 5.54. The van der Waals surface area contributed by atoms with Gasteiger partial charge in [-0.05, 0) is 14.0 Å². The third-order valence-corrected chi connectivity index (χ3v) is 2.57. The van der Waals surface area contributed by atoms with E-state index in [-0.39, 0.29) is 6.09 Å². The van der Waals surface area contributed by atoms with E-state index in [9.17, 15) is 4.79 Å². The lowest BCUT2D eigenvalue weighted by atomic mass is 10.3. The van der Waals surface area contributed by atoms with E-state index in [0.717, 1.165) is 32.7 Å². The third kappa shape index (κ3) is 4.99. The first-order valence-electron chi connectivity index (χ1n) is 5.54. The number of ether oxygens (including phenoxy) is 1. The van der Waals surface area contributed by atoms with E-state index in [1.54, 1.807) is 6.92 Å². The average Bonchev–Trinajstić information content (AvgIpc) is 2.21. The molecule has 0 radical (unpaired) electrons. The Morgan fingerprint density at radius 2 is 2.00 bits per heavy atom. The van der Waals surface area contributed by atoms with Gasteiger partial charge in [0, 0.05) is 39.3 Å². The Morgan fingerprint density at radius 3 is 2.60 bits per heavy atom. The summed E-state index contributed by atoms with van der Waals surface area (Å²) in [4.78, 5) is 15.6. The van der Waals surface area contributed by atoms with Crippen molar-refractivity contribution >= 4 is 6.09 Å². The number of likely N-dealkylation sites (N-methyl/N-ethyl adjacent to an activating group) is 1. The van der Waals surface area contributed by atoms with E-state index >= 15 is 0 Å². The van der Waals surface area contributed by atoms with Crippen molar-refractivity contribution in [2.24, 2.45) is 0 Å². The molecule has 0 aromatic rings. The van der Waals surface area contributed by atoms with Gasteiger partial charge >= 0.3 is 6.09 Å². The normalized spacial score (nSPS) is 18.8. The zero-order chi connectivity index (χ0) is 11.1. The van der Waals surface area contributed by atoms with E-state index in [1.807, 2.05) is 0 Å². The van der Waals surface area contributed by atoms with Crippen LogP contribution in [0.3, 0.4) is 0 Å². The SMILES string of the molecule is CCOC(=O)NCCN1CCN(C)CC1. The first-order chi connectivity index (χ1) is 7.22. The molecule has 1 amide bonds. The maximum Gasteiger partial charge on any atom is 0.407 e. The molecule has 1 aliphatic rings. The third-order valence-electron chi connectivity index (χ3n) is 2.57. The van der Waals surface area contributed by atoms with Gasteiger partial charge in [-0.1, -0.05) is 0 Å². The fourth-order valence-electron chi connectivity index (χ4n) is 1.57. The van der Waals surface area contributed by atoms with Crippen molar-refractivity contribution < 1.29 is 9.53 Å². The van der Waals surface area contributed by atoms with Gasteiger partial charge in [-0.3, -0.25) is 4.90 Å². The van der Waals surface area contributed by atoms with E-state index in [4.69, 9.17) is 4.74 Å². The Balaban J connectivity index is 2.02. The molecule has 1 aliphatic heterocycles. The summed E-state index contributed by atoms with van der Waals surface area (Å²) in [6.45, 7) is 8.20. The van der Waals surface area contributed by atoms with Crippen LogP contribution in [0.4, 0.5) is 4.79 Å². The molecule has 1 fully saturated rings. The summed E-state index contributed by atoms with van der Waals surface area (Å²) in [7, 11) is 2.13. The van der Waals surface area contributed by atoms with E-state index in [2.05, 4.69) is 22.2 Å². The summed E-state index contributed by atoms with van der Waals surface area (Å²) in [5.74, 6) is 0. The van der Waals surface area contributed by atoms with Crippen LogP contribution in [0.25, 0.3) is 0 Å². The molecule has 1 saturated heterocycles. The molecule has 5 nitrogen and oxygen atoms in total. The van der Waals surface area contributed by atoms with Crippen molar-refractivity contribution in [3.8, 4) is 0 Å². The molecule has 0 bridgehead atoms. The number of carbonyl (C=O) groups excluding carboxylic acids is 1. The predicted molar refractivity (Wildman–Crippen MR) is 59.0 cm³/mol. The highest BCUT2D eigenvalue weighted by molar-refractivity contribution is 5.66. The molecule has 15 heavy (non-hydrogen) atoms. The molecule has 0 aliphatic carbocycles. The Hall–Kier alpha value is -0.810. The minimum atomic E-state index is -0.313. The van der Waals surface area contributed by atoms with Gasteiger partial charge < -0.3 is 15.0 Å². The number of nitrogens with one attached hydrogen (secondary N) is 1. The highest BCUT2D eigenvalue weighted by Gasteiger charge is 2.13. The topological polar surface area (TPSA) is 44.8 Å². The quantitative estimate of drug-likeness (QED) is 0.716. The lowest BCUT2D eigenvalue weighted by molar-refractivity contribution is 0.140. The first kappa shape index (κ1) is 12.3. The molecular formula is C10H21N3O2. The van der Waals surface area contributed by atoms with Crippen LogP contribution >= 0.6 is 0 Å². The Morgan fingerprint density at radius 1 is 1.33 bits per heavy atom. The van der Waals surface area contributed by atoms with Crippen molar-refractivity contribution in [1.82, 2.24) is 15.1 Å². The van der Waals surface area contributed by atoms with Gasteiger partial charge in [0.05, 0.1) is 6.61 Å². The summed E-state index contributed by atoms with van der Waals surface area (Å²) in [6, 6.07) is 0. The zero-order valence-electron chi connectivity index (χ0n) is 9.66. The fraction of sp³-hybridized carbons (Fsp3) is 0.900. The van der Waals surface area contributed by atoms with Crippen molar-refractivity contribution in [2.45, 2.75) is 6.92 Å². The van der Waals surface area contributed by atoms with Crippen LogP contribution in [-0.4, -0.2) is 68.8 Å².